The lowest BCUT2D eigenvalue weighted by Gasteiger charge is -2.16. The largest absolute Gasteiger partial charge is 0.389 e. The molecule has 0 saturated carbocycles. The minimum absolute atomic E-state index is 0.489. The Morgan fingerprint density at radius 1 is 0.862 bits per heavy atom. The minimum Gasteiger partial charge on any atom is -0.389 e. The molecule has 0 spiro atoms. The van der Waals surface area contributed by atoms with Gasteiger partial charge < -0.3 is 15.0 Å². The highest BCUT2D eigenvalue weighted by Gasteiger charge is 2.14. The molecule has 1 unspecified atom stereocenters. The molecule has 1 heterocycles. The quantitative estimate of drug-likeness (QED) is 0.242. The summed E-state index contributed by atoms with van der Waals surface area (Å²) in [5.74, 6) is 0.524. The second-order valence-electron chi connectivity index (χ2n) is 7.74. The molecule has 0 fully saturated rings. The summed E-state index contributed by atoms with van der Waals surface area (Å²) in [4.78, 5) is 0. The topological polar surface area (TPSA) is 37.2 Å². The summed E-state index contributed by atoms with van der Waals surface area (Å²) in [5, 5.41) is 16.6. The van der Waals surface area contributed by atoms with E-state index in [2.05, 4.69) is 130 Å². The van der Waals surface area contributed by atoms with E-state index in [9.17, 15) is 5.11 Å². The molecule has 2 N–H and O–H groups in total. The van der Waals surface area contributed by atoms with Crippen molar-refractivity contribution in [2.24, 2.45) is 0 Å². The number of anilines is 1. The Balaban J connectivity index is 1.56. The zero-order valence-corrected chi connectivity index (χ0v) is 20.8. The average Bonchev–Trinajstić information content (AvgIpc) is 2.99. The van der Waals surface area contributed by atoms with Crippen LogP contribution in [-0.4, -0.2) is 22.3 Å². The number of fused-ring (bicyclic) bond motifs is 3. The normalized spacial score (nSPS) is 12.8. The molecule has 3 nitrogen and oxygen atoms in total. The van der Waals surface area contributed by atoms with Crippen molar-refractivity contribution in [1.29, 1.82) is 0 Å². The fourth-order valence-corrected chi connectivity index (χ4v) is 4.72. The molecule has 1 aromatic heterocycles. The van der Waals surface area contributed by atoms with Crippen LogP contribution in [0, 0.1) is 7.14 Å². The first-order valence-electron chi connectivity index (χ1n) is 9.81. The number of aliphatic hydroxyl groups is 1. The van der Waals surface area contributed by atoms with E-state index in [0.29, 0.717) is 19.0 Å². The average molecular weight is 610 g/mol. The number of nitrogens with zero attached hydrogens (tertiary/aromatic N) is 1. The number of hydrogen-bond donors (Lipinski definition) is 2. The zero-order chi connectivity index (χ0) is 20.5. The second-order valence-corrected chi connectivity index (χ2v) is 10.2. The zero-order valence-electron chi connectivity index (χ0n) is 16.5. The van der Waals surface area contributed by atoms with Gasteiger partial charge in [0.15, 0.2) is 0 Å². The Hall–Kier alpha value is -1.32. The van der Waals surface area contributed by atoms with Gasteiger partial charge in [0.25, 0.3) is 0 Å². The molecule has 0 bridgehead atoms. The number of aromatic nitrogens is 1. The van der Waals surface area contributed by atoms with Crippen molar-refractivity contribution in [3.05, 3.63) is 73.4 Å². The standard InChI is InChI=1S/C24H24I2N2O/c1-15(2)16-3-7-19(8-4-16)27-13-20(29)14-28-23-9-5-17(25)11-21(23)22-12-18(26)6-10-24(22)28/h3-12,15,20,27,29H,13-14H2,1-2H3. The maximum Gasteiger partial charge on any atom is 0.0891 e. The van der Waals surface area contributed by atoms with Crippen LogP contribution < -0.4 is 5.32 Å². The summed E-state index contributed by atoms with van der Waals surface area (Å²) in [6.07, 6.45) is -0.489. The lowest BCUT2D eigenvalue weighted by Crippen LogP contribution is -2.24. The lowest BCUT2D eigenvalue weighted by molar-refractivity contribution is 0.169. The molecule has 5 heteroatoms. The number of benzene rings is 3. The predicted octanol–water partition coefficient (Wildman–Crippen LogP) is 6.60. The predicted molar refractivity (Wildman–Crippen MR) is 140 cm³/mol. The monoisotopic (exact) mass is 610 g/mol. The van der Waals surface area contributed by atoms with Crippen molar-refractivity contribution < 1.29 is 5.11 Å². The summed E-state index contributed by atoms with van der Waals surface area (Å²) in [6, 6.07) is 21.5. The molecular weight excluding hydrogens is 586 g/mol. The van der Waals surface area contributed by atoms with E-state index in [1.165, 1.54) is 34.5 Å². The summed E-state index contributed by atoms with van der Waals surface area (Å²) < 4.78 is 4.69. The molecule has 4 rings (SSSR count). The van der Waals surface area contributed by atoms with Gasteiger partial charge in [-0.1, -0.05) is 26.0 Å². The van der Waals surface area contributed by atoms with E-state index in [4.69, 9.17) is 0 Å². The van der Waals surface area contributed by atoms with Crippen molar-refractivity contribution in [3.63, 3.8) is 0 Å². The molecule has 0 aliphatic rings. The Labute approximate surface area is 198 Å². The summed E-state index contributed by atoms with van der Waals surface area (Å²) in [5.41, 5.74) is 4.70. The third kappa shape index (κ3) is 4.56. The Morgan fingerprint density at radius 3 is 1.93 bits per heavy atom. The molecule has 0 aliphatic carbocycles. The SMILES string of the molecule is CC(C)c1ccc(NCC(O)Cn2c3ccc(I)cc3c3cc(I)ccc32)cc1. The molecular formula is C24H24I2N2O. The molecule has 0 radical (unpaired) electrons. The van der Waals surface area contributed by atoms with E-state index in [-0.39, 0.29) is 0 Å². The van der Waals surface area contributed by atoms with Gasteiger partial charge in [0.2, 0.25) is 0 Å². The number of hydrogen-bond acceptors (Lipinski definition) is 2. The van der Waals surface area contributed by atoms with Crippen LogP contribution in [0.3, 0.4) is 0 Å². The van der Waals surface area contributed by atoms with Crippen LogP contribution in [0.5, 0.6) is 0 Å². The summed E-state index contributed by atoms with van der Waals surface area (Å²) >= 11 is 4.72. The van der Waals surface area contributed by atoms with E-state index in [0.717, 1.165) is 5.69 Å². The van der Waals surface area contributed by atoms with E-state index >= 15 is 0 Å². The third-order valence-corrected chi connectivity index (χ3v) is 6.64. The van der Waals surface area contributed by atoms with Crippen molar-refractivity contribution in [2.45, 2.75) is 32.4 Å². The highest BCUT2D eigenvalue weighted by Crippen LogP contribution is 2.31. The van der Waals surface area contributed by atoms with Crippen LogP contribution in [-0.2, 0) is 6.54 Å². The van der Waals surface area contributed by atoms with E-state index in [1.54, 1.807) is 0 Å². The van der Waals surface area contributed by atoms with Gasteiger partial charge in [0.05, 0.1) is 12.6 Å². The molecule has 1 atom stereocenters. The van der Waals surface area contributed by atoms with Crippen LogP contribution in [0.25, 0.3) is 21.8 Å². The van der Waals surface area contributed by atoms with Gasteiger partial charge in [-0.15, -0.1) is 0 Å². The van der Waals surface area contributed by atoms with Crippen LogP contribution in [0.15, 0.2) is 60.7 Å². The van der Waals surface area contributed by atoms with Crippen LogP contribution >= 0.6 is 45.2 Å². The number of halogens is 2. The number of rotatable bonds is 6. The summed E-state index contributed by atoms with van der Waals surface area (Å²) in [6.45, 7) is 5.45. The lowest BCUT2D eigenvalue weighted by atomic mass is 10.0. The van der Waals surface area contributed by atoms with Crippen LogP contribution in [0.4, 0.5) is 5.69 Å². The molecule has 29 heavy (non-hydrogen) atoms. The smallest absolute Gasteiger partial charge is 0.0891 e. The Bertz CT molecular complexity index is 1090. The van der Waals surface area contributed by atoms with Gasteiger partial charge in [-0.25, -0.2) is 0 Å². The van der Waals surface area contributed by atoms with Crippen molar-refractivity contribution in [2.75, 3.05) is 11.9 Å². The number of aliphatic hydroxyl groups excluding tert-OH is 1. The maximum absolute atomic E-state index is 10.8. The van der Waals surface area contributed by atoms with E-state index in [1.807, 2.05) is 0 Å². The highest BCUT2D eigenvalue weighted by molar-refractivity contribution is 14.1. The minimum atomic E-state index is -0.489. The first kappa shape index (κ1) is 20.9. The Kier molecular flexibility index (Phi) is 6.36. The Morgan fingerprint density at radius 2 is 1.41 bits per heavy atom. The van der Waals surface area contributed by atoms with Gasteiger partial charge >= 0.3 is 0 Å². The fourth-order valence-electron chi connectivity index (χ4n) is 3.74. The van der Waals surface area contributed by atoms with Crippen LogP contribution in [0.1, 0.15) is 25.3 Å². The van der Waals surface area contributed by atoms with Gasteiger partial charge in [0, 0.05) is 41.2 Å². The third-order valence-electron chi connectivity index (χ3n) is 5.30. The maximum atomic E-state index is 10.8. The van der Waals surface area contributed by atoms with Gasteiger partial charge in [-0.05, 0) is 105 Å². The van der Waals surface area contributed by atoms with E-state index < -0.39 is 6.10 Å². The van der Waals surface area contributed by atoms with Gasteiger partial charge in [-0.2, -0.15) is 0 Å². The van der Waals surface area contributed by atoms with Crippen molar-refractivity contribution >= 4 is 72.7 Å². The molecule has 4 aromatic rings. The van der Waals surface area contributed by atoms with Crippen molar-refractivity contribution in [3.8, 4) is 0 Å². The van der Waals surface area contributed by atoms with Gasteiger partial charge in [0.1, 0.15) is 0 Å². The van der Waals surface area contributed by atoms with Crippen LogP contribution in [0.2, 0.25) is 0 Å². The second kappa shape index (κ2) is 8.81. The number of nitrogens with one attached hydrogen (secondary N) is 1. The molecule has 0 amide bonds. The molecule has 0 aliphatic heterocycles. The molecule has 0 saturated heterocycles. The molecule has 3 aromatic carbocycles. The van der Waals surface area contributed by atoms with Crippen molar-refractivity contribution in [1.82, 2.24) is 4.57 Å². The summed E-state index contributed by atoms with van der Waals surface area (Å²) in [7, 11) is 0. The van der Waals surface area contributed by atoms with Gasteiger partial charge in [-0.3, -0.25) is 0 Å². The molecule has 150 valence electrons. The first-order valence-corrected chi connectivity index (χ1v) is 12.0. The highest BCUT2D eigenvalue weighted by atomic mass is 127. The first-order chi connectivity index (χ1) is 13.9. The fraction of sp³-hybridized carbons (Fsp3) is 0.250.